The molecule has 1 heterocycles. The molecule has 5 heteroatoms. The minimum absolute atomic E-state index is 0.729. The maximum atomic E-state index is 4.95. The quantitative estimate of drug-likeness (QED) is 0.432. The second-order valence-corrected chi connectivity index (χ2v) is 4.06. The summed E-state index contributed by atoms with van der Waals surface area (Å²) in [6, 6.07) is 0. The molecular weight excluding hydrogens is 210 g/mol. The molecule has 0 radical (unpaired) electrons. The molecule has 0 saturated carbocycles. The molecule has 15 heavy (non-hydrogen) atoms. The molecule has 0 aliphatic heterocycles. The maximum Gasteiger partial charge on any atom is 0.187 e. The van der Waals surface area contributed by atoms with Crippen LogP contribution in [0.25, 0.3) is 0 Å². The third-order valence-electron chi connectivity index (χ3n) is 1.78. The summed E-state index contributed by atoms with van der Waals surface area (Å²) in [5.74, 6) is 0.892. The summed E-state index contributed by atoms with van der Waals surface area (Å²) >= 11 is 1.61. The van der Waals surface area contributed by atoms with Gasteiger partial charge in [0, 0.05) is 37.4 Å². The van der Waals surface area contributed by atoms with Crippen LogP contribution in [-0.4, -0.2) is 36.0 Å². The Morgan fingerprint density at radius 3 is 2.73 bits per heavy atom. The highest BCUT2D eigenvalue weighted by molar-refractivity contribution is 7.99. The Kier molecular flexibility index (Phi) is 6.31. The predicted molar refractivity (Wildman–Crippen MR) is 62.0 cm³/mol. The minimum atomic E-state index is 0.729. The number of thioether (sulfide) groups is 1. The van der Waals surface area contributed by atoms with Gasteiger partial charge in [0.25, 0.3) is 0 Å². The molecule has 0 unspecified atom stereocenters. The van der Waals surface area contributed by atoms with Crippen molar-refractivity contribution in [3.05, 3.63) is 18.0 Å². The van der Waals surface area contributed by atoms with Gasteiger partial charge in [-0.1, -0.05) is 18.7 Å². The highest BCUT2D eigenvalue weighted by atomic mass is 32.2. The van der Waals surface area contributed by atoms with Crippen molar-refractivity contribution in [2.45, 2.75) is 18.6 Å². The fourth-order valence-corrected chi connectivity index (χ4v) is 1.68. The topological polar surface area (TPSA) is 47.0 Å². The highest BCUT2D eigenvalue weighted by Gasteiger charge is 1.98. The van der Waals surface area contributed by atoms with Crippen molar-refractivity contribution in [2.24, 2.45) is 0 Å². The Balaban J connectivity index is 2.35. The molecule has 1 aromatic rings. The van der Waals surface area contributed by atoms with Crippen molar-refractivity contribution < 1.29 is 4.74 Å². The number of hydrogen-bond donors (Lipinski definition) is 1. The van der Waals surface area contributed by atoms with Gasteiger partial charge in [-0.05, 0) is 6.54 Å². The van der Waals surface area contributed by atoms with Crippen molar-refractivity contribution in [2.75, 3.05) is 26.0 Å². The first-order valence-electron chi connectivity index (χ1n) is 5.00. The van der Waals surface area contributed by atoms with Crippen molar-refractivity contribution in [3.63, 3.8) is 0 Å². The number of rotatable bonds is 7. The first kappa shape index (κ1) is 12.4. The van der Waals surface area contributed by atoms with Gasteiger partial charge in [-0.25, -0.2) is 9.97 Å². The minimum Gasteiger partial charge on any atom is -0.384 e. The second-order valence-electron chi connectivity index (χ2n) is 3.00. The largest absolute Gasteiger partial charge is 0.384 e. The zero-order chi connectivity index (χ0) is 10.9. The van der Waals surface area contributed by atoms with E-state index < -0.39 is 0 Å². The zero-order valence-corrected chi connectivity index (χ0v) is 10.0. The van der Waals surface area contributed by atoms with E-state index in [0.29, 0.717) is 0 Å². The van der Waals surface area contributed by atoms with E-state index in [4.69, 9.17) is 4.74 Å². The van der Waals surface area contributed by atoms with Crippen molar-refractivity contribution >= 4 is 11.8 Å². The van der Waals surface area contributed by atoms with Gasteiger partial charge in [-0.3, -0.25) is 0 Å². The van der Waals surface area contributed by atoms with Gasteiger partial charge in [0.15, 0.2) is 5.16 Å². The summed E-state index contributed by atoms with van der Waals surface area (Å²) < 4.78 is 4.95. The summed E-state index contributed by atoms with van der Waals surface area (Å²) in [5, 5.41) is 4.04. The van der Waals surface area contributed by atoms with E-state index in [1.807, 2.05) is 12.4 Å². The van der Waals surface area contributed by atoms with E-state index in [-0.39, 0.29) is 0 Å². The van der Waals surface area contributed by atoms with Crippen LogP contribution in [0.15, 0.2) is 17.6 Å². The number of aromatic nitrogens is 2. The van der Waals surface area contributed by atoms with E-state index in [1.165, 1.54) is 0 Å². The lowest BCUT2D eigenvalue weighted by Crippen LogP contribution is -2.12. The highest BCUT2D eigenvalue weighted by Crippen LogP contribution is 2.11. The molecule has 0 aliphatic carbocycles. The van der Waals surface area contributed by atoms with E-state index in [9.17, 15) is 0 Å². The van der Waals surface area contributed by atoms with Crippen LogP contribution in [-0.2, 0) is 11.3 Å². The van der Waals surface area contributed by atoms with Gasteiger partial charge in [0.2, 0.25) is 0 Å². The predicted octanol–water partition coefficient (Wildman–Crippen LogP) is 1.32. The van der Waals surface area contributed by atoms with Crippen LogP contribution in [0, 0.1) is 0 Å². The monoisotopic (exact) mass is 227 g/mol. The number of hydrogen-bond acceptors (Lipinski definition) is 5. The van der Waals surface area contributed by atoms with E-state index in [1.54, 1.807) is 18.9 Å². The number of nitrogens with one attached hydrogen (secondary N) is 1. The van der Waals surface area contributed by atoms with Gasteiger partial charge in [-0.15, -0.1) is 0 Å². The van der Waals surface area contributed by atoms with E-state index in [0.717, 1.165) is 36.2 Å². The van der Waals surface area contributed by atoms with Crippen LogP contribution in [0.4, 0.5) is 0 Å². The summed E-state index contributed by atoms with van der Waals surface area (Å²) in [6.07, 6.45) is 3.73. The SMILES string of the molecule is CCNCc1cnc(SCCOC)nc1. The Morgan fingerprint density at radius 2 is 2.13 bits per heavy atom. The van der Waals surface area contributed by atoms with Gasteiger partial charge >= 0.3 is 0 Å². The average Bonchev–Trinajstić information content (AvgIpc) is 2.28. The van der Waals surface area contributed by atoms with Gasteiger partial charge in [-0.2, -0.15) is 0 Å². The molecule has 0 saturated heterocycles. The molecule has 1 aromatic heterocycles. The molecule has 1 N–H and O–H groups in total. The van der Waals surface area contributed by atoms with Crippen LogP contribution in [0.2, 0.25) is 0 Å². The van der Waals surface area contributed by atoms with Gasteiger partial charge in [0.1, 0.15) is 0 Å². The molecule has 0 atom stereocenters. The molecule has 84 valence electrons. The lowest BCUT2D eigenvalue weighted by molar-refractivity contribution is 0.218. The number of nitrogens with zero attached hydrogens (tertiary/aromatic N) is 2. The van der Waals surface area contributed by atoms with Crippen LogP contribution in [0.3, 0.4) is 0 Å². The van der Waals surface area contributed by atoms with E-state index in [2.05, 4.69) is 22.2 Å². The zero-order valence-electron chi connectivity index (χ0n) is 9.19. The third-order valence-corrected chi connectivity index (χ3v) is 2.62. The first-order valence-corrected chi connectivity index (χ1v) is 5.98. The average molecular weight is 227 g/mol. The number of methoxy groups -OCH3 is 1. The third kappa shape index (κ3) is 5.11. The Labute approximate surface area is 94.8 Å². The van der Waals surface area contributed by atoms with Crippen LogP contribution in [0.1, 0.15) is 12.5 Å². The first-order chi connectivity index (χ1) is 7.36. The molecule has 0 aliphatic rings. The van der Waals surface area contributed by atoms with Gasteiger partial charge in [0.05, 0.1) is 6.61 Å². The molecular formula is C10H17N3OS. The molecule has 0 aromatic carbocycles. The second kappa shape index (κ2) is 7.62. The smallest absolute Gasteiger partial charge is 0.187 e. The van der Waals surface area contributed by atoms with Crippen LogP contribution in [0.5, 0.6) is 0 Å². The molecule has 1 rings (SSSR count). The summed E-state index contributed by atoms with van der Waals surface area (Å²) in [4.78, 5) is 8.52. The molecule has 0 fully saturated rings. The Bertz CT molecular complexity index is 266. The fourth-order valence-electron chi connectivity index (χ4n) is 0.994. The molecule has 4 nitrogen and oxygen atoms in total. The number of ether oxygens (including phenoxy) is 1. The van der Waals surface area contributed by atoms with Crippen LogP contribution >= 0.6 is 11.8 Å². The van der Waals surface area contributed by atoms with Gasteiger partial charge < -0.3 is 10.1 Å². The van der Waals surface area contributed by atoms with Crippen LogP contribution < -0.4 is 5.32 Å². The summed E-state index contributed by atoms with van der Waals surface area (Å²) in [5.41, 5.74) is 1.12. The molecule has 0 bridgehead atoms. The van der Waals surface area contributed by atoms with E-state index >= 15 is 0 Å². The maximum absolute atomic E-state index is 4.95. The van der Waals surface area contributed by atoms with Crippen molar-refractivity contribution in [1.82, 2.24) is 15.3 Å². The Hall–Kier alpha value is -0.650. The summed E-state index contributed by atoms with van der Waals surface area (Å²) in [6.45, 7) is 4.60. The normalized spacial score (nSPS) is 10.5. The molecule has 0 amide bonds. The lowest BCUT2D eigenvalue weighted by Gasteiger charge is -2.02. The standard InChI is InChI=1S/C10H17N3OS/c1-3-11-6-9-7-12-10(13-8-9)15-5-4-14-2/h7-8,11H,3-6H2,1-2H3. The lowest BCUT2D eigenvalue weighted by atomic mass is 10.3. The van der Waals surface area contributed by atoms with Crippen molar-refractivity contribution in [1.29, 1.82) is 0 Å². The fraction of sp³-hybridized carbons (Fsp3) is 0.600. The molecule has 0 spiro atoms. The summed E-state index contributed by atoms with van der Waals surface area (Å²) in [7, 11) is 1.70. The Morgan fingerprint density at radius 1 is 1.40 bits per heavy atom. The van der Waals surface area contributed by atoms with Crippen molar-refractivity contribution in [3.8, 4) is 0 Å².